The number of benzene rings is 1. The van der Waals surface area contributed by atoms with E-state index >= 15 is 0 Å². The smallest absolute Gasteiger partial charge is 0.241 e. The third-order valence-electron chi connectivity index (χ3n) is 2.43. The van der Waals surface area contributed by atoms with Crippen molar-refractivity contribution >= 4 is 21.6 Å². The van der Waals surface area contributed by atoms with Crippen molar-refractivity contribution < 1.29 is 12.8 Å². The van der Waals surface area contributed by atoms with Gasteiger partial charge in [0.15, 0.2) is 0 Å². The highest BCUT2D eigenvalue weighted by molar-refractivity contribution is 7.89. The second kappa shape index (κ2) is 5.28. The summed E-state index contributed by atoms with van der Waals surface area (Å²) in [5.74, 6) is 0.590. The van der Waals surface area contributed by atoms with Crippen molar-refractivity contribution in [1.82, 2.24) is 14.9 Å². The Morgan fingerprint density at radius 1 is 1.32 bits per heavy atom. The number of hydrogen-bond donors (Lipinski definition) is 1. The number of sulfonamides is 1. The number of aromatic nitrogens is 2. The summed E-state index contributed by atoms with van der Waals surface area (Å²) in [6, 6.07) is 4.54. The van der Waals surface area contributed by atoms with Gasteiger partial charge < -0.3 is 4.42 Å². The Morgan fingerprint density at radius 3 is 2.63 bits per heavy atom. The first-order chi connectivity index (χ1) is 8.88. The molecule has 6 nitrogen and oxygen atoms in total. The van der Waals surface area contributed by atoms with Gasteiger partial charge in [0.25, 0.3) is 0 Å². The number of rotatable bonds is 4. The predicted molar refractivity (Wildman–Crippen MR) is 69.2 cm³/mol. The van der Waals surface area contributed by atoms with E-state index in [1.54, 1.807) is 19.9 Å². The average molecular weight is 302 g/mol. The SMILES string of the molecule is Cc1nnc(CNS(=O)(=O)c2ccc(C)c(Cl)c2)o1. The third-order valence-corrected chi connectivity index (χ3v) is 4.24. The van der Waals surface area contributed by atoms with Gasteiger partial charge in [-0.2, -0.15) is 0 Å². The van der Waals surface area contributed by atoms with Crippen molar-refractivity contribution in [2.45, 2.75) is 25.3 Å². The summed E-state index contributed by atoms with van der Waals surface area (Å²) in [7, 11) is -3.65. The standard InChI is InChI=1S/C11H12ClN3O3S/c1-7-3-4-9(5-10(7)12)19(16,17)13-6-11-15-14-8(2)18-11/h3-5,13H,6H2,1-2H3. The van der Waals surface area contributed by atoms with Gasteiger partial charge in [0, 0.05) is 11.9 Å². The summed E-state index contributed by atoms with van der Waals surface area (Å²) in [5, 5.41) is 7.72. The number of aryl methyl sites for hydroxylation is 2. The highest BCUT2D eigenvalue weighted by Gasteiger charge is 2.16. The zero-order valence-corrected chi connectivity index (χ0v) is 11.9. The van der Waals surface area contributed by atoms with Crippen LogP contribution in [0.4, 0.5) is 0 Å². The molecule has 0 radical (unpaired) electrons. The minimum Gasteiger partial charge on any atom is -0.424 e. The van der Waals surface area contributed by atoms with Gasteiger partial charge in [-0.25, -0.2) is 13.1 Å². The average Bonchev–Trinajstić information content (AvgIpc) is 2.76. The molecule has 1 aromatic carbocycles. The summed E-state index contributed by atoms with van der Waals surface area (Å²) in [4.78, 5) is 0.0966. The minimum absolute atomic E-state index is 0.0608. The van der Waals surface area contributed by atoms with Crippen molar-refractivity contribution in [2.75, 3.05) is 0 Å². The molecule has 2 aromatic rings. The van der Waals surface area contributed by atoms with Crippen molar-refractivity contribution in [3.05, 3.63) is 40.6 Å². The van der Waals surface area contributed by atoms with Crippen LogP contribution in [-0.2, 0) is 16.6 Å². The molecule has 1 aromatic heterocycles. The van der Waals surface area contributed by atoms with Gasteiger partial charge >= 0.3 is 0 Å². The van der Waals surface area contributed by atoms with Crippen LogP contribution in [0.2, 0.25) is 5.02 Å². The van der Waals surface area contributed by atoms with E-state index in [4.69, 9.17) is 16.0 Å². The molecule has 102 valence electrons. The van der Waals surface area contributed by atoms with E-state index in [2.05, 4.69) is 14.9 Å². The Kier molecular flexibility index (Phi) is 3.88. The maximum atomic E-state index is 12.0. The highest BCUT2D eigenvalue weighted by Crippen LogP contribution is 2.19. The van der Waals surface area contributed by atoms with Crippen LogP contribution in [0.1, 0.15) is 17.3 Å². The van der Waals surface area contributed by atoms with Crippen molar-refractivity contribution in [3.8, 4) is 0 Å². The Hall–Kier alpha value is -1.44. The molecule has 0 saturated carbocycles. The fourth-order valence-electron chi connectivity index (χ4n) is 1.39. The number of nitrogens with one attached hydrogen (secondary N) is 1. The van der Waals surface area contributed by atoms with Crippen LogP contribution in [0.5, 0.6) is 0 Å². The summed E-state index contributed by atoms with van der Waals surface area (Å²) in [5.41, 5.74) is 0.813. The molecule has 0 aliphatic heterocycles. The number of nitrogens with zero attached hydrogens (tertiary/aromatic N) is 2. The molecule has 1 N–H and O–H groups in total. The van der Waals surface area contributed by atoms with Crippen LogP contribution in [0.3, 0.4) is 0 Å². The van der Waals surface area contributed by atoms with E-state index in [9.17, 15) is 8.42 Å². The zero-order valence-electron chi connectivity index (χ0n) is 10.3. The maximum absolute atomic E-state index is 12.0. The van der Waals surface area contributed by atoms with E-state index in [0.717, 1.165) is 5.56 Å². The Labute approximate surface area is 115 Å². The topological polar surface area (TPSA) is 85.1 Å². The first kappa shape index (κ1) is 14.0. The van der Waals surface area contributed by atoms with E-state index in [-0.39, 0.29) is 17.3 Å². The molecule has 0 unspecified atom stereocenters. The molecule has 0 fully saturated rings. The lowest BCUT2D eigenvalue weighted by atomic mass is 10.2. The first-order valence-corrected chi connectivity index (χ1v) is 7.29. The third kappa shape index (κ3) is 3.31. The van der Waals surface area contributed by atoms with Crippen LogP contribution in [0, 0.1) is 13.8 Å². The number of halogens is 1. The van der Waals surface area contributed by atoms with Gasteiger partial charge in [0.05, 0.1) is 11.4 Å². The minimum atomic E-state index is -3.65. The summed E-state index contributed by atoms with van der Waals surface area (Å²) in [6.07, 6.45) is 0. The van der Waals surface area contributed by atoms with Crippen LogP contribution in [0.15, 0.2) is 27.5 Å². The van der Waals surface area contributed by atoms with Gasteiger partial charge in [-0.05, 0) is 24.6 Å². The quantitative estimate of drug-likeness (QED) is 0.931. The van der Waals surface area contributed by atoms with Crippen molar-refractivity contribution in [1.29, 1.82) is 0 Å². The normalized spacial score (nSPS) is 11.7. The van der Waals surface area contributed by atoms with Crippen LogP contribution in [0.25, 0.3) is 0 Å². The molecule has 0 atom stereocenters. The molecule has 0 spiro atoms. The van der Waals surface area contributed by atoms with Crippen molar-refractivity contribution in [3.63, 3.8) is 0 Å². The molecular formula is C11H12ClN3O3S. The van der Waals surface area contributed by atoms with E-state index in [1.165, 1.54) is 12.1 Å². The van der Waals surface area contributed by atoms with Crippen molar-refractivity contribution in [2.24, 2.45) is 0 Å². The molecule has 2 rings (SSSR count). The molecule has 0 amide bonds. The van der Waals surface area contributed by atoms with Crippen LogP contribution in [-0.4, -0.2) is 18.6 Å². The lowest BCUT2D eigenvalue weighted by Gasteiger charge is -2.06. The van der Waals surface area contributed by atoms with Gasteiger partial charge in [0.1, 0.15) is 0 Å². The Morgan fingerprint density at radius 2 is 2.05 bits per heavy atom. The first-order valence-electron chi connectivity index (χ1n) is 5.43. The van der Waals surface area contributed by atoms with Gasteiger partial charge in [-0.15, -0.1) is 10.2 Å². The van der Waals surface area contributed by atoms with Crippen LogP contribution >= 0.6 is 11.6 Å². The molecule has 0 bridgehead atoms. The second-order valence-electron chi connectivity index (χ2n) is 3.95. The highest BCUT2D eigenvalue weighted by atomic mass is 35.5. The monoisotopic (exact) mass is 301 g/mol. The Bertz CT molecular complexity index is 697. The fraction of sp³-hybridized carbons (Fsp3) is 0.273. The molecule has 19 heavy (non-hydrogen) atoms. The van der Waals surface area contributed by atoms with Gasteiger partial charge in [-0.3, -0.25) is 0 Å². The molecule has 8 heteroatoms. The molecule has 0 aliphatic rings. The van der Waals surface area contributed by atoms with E-state index in [0.29, 0.717) is 10.9 Å². The summed E-state index contributed by atoms with van der Waals surface area (Å²) < 4.78 is 31.5. The molecule has 0 saturated heterocycles. The Balaban J connectivity index is 2.16. The zero-order chi connectivity index (χ0) is 14.0. The second-order valence-corrected chi connectivity index (χ2v) is 6.12. The maximum Gasteiger partial charge on any atom is 0.241 e. The van der Waals surface area contributed by atoms with Crippen LogP contribution < -0.4 is 4.72 Å². The van der Waals surface area contributed by atoms with E-state index < -0.39 is 10.0 Å². The van der Waals surface area contributed by atoms with E-state index in [1.807, 2.05) is 0 Å². The molecule has 1 heterocycles. The lowest BCUT2D eigenvalue weighted by Crippen LogP contribution is -2.23. The molecular weight excluding hydrogens is 290 g/mol. The predicted octanol–water partition coefficient (Wildman–Crippen LogP) is 1.82. The lowest BCUT2D eigenvalue weighted by molar-refractivity contribution is 0.460. The molecule has 0 aliphatic carbocycles. The number of hydrogen-bond acceptors (Lipinski definition) is 5. The van der Waals surface area contributed by atoms with Gasteiger partial charge in [-0.1, -0.05) is 17.7 Å². The fourth-order valence-corrected chi connectivity index (χ4v) is 2.64. The summed E-state index contributed by atoms with van der Waals surface area (Å²) in [6.45, 7) is 3.37. The summed E-state index contributed by atoms with van der Waals surface area (Å²) >= 11 is 5.91. The van der Waals surface area contributed by atoms with Gasteiger partial charge in [0.2, 0.25) is 21.8 Å². The largest absolute Gasteiger partial charge is 0.424 e.